The fourth-order valence-corrected chi connectivity index (χ4v) is 9.43. The van der Waals surface area contributed by atoms with Crippen molar-refractivity contribution in [3.8, 4) is 5.75 Å². The first-order chi connectivity index (χ1) is 39.6. The Hall–Kier alpha value is -7.79. The molecule has 19 nitrogen and oxygen atoms in total. The van der Waals surface area contributed by atoms with Gasteiger partial charge in [-0.05, 0) is 33.4 Å². The summed E-state index contributed by atoms with van der Waals surface area (Å²) in [6.45, 7) is -0.415. The Labute approximate surface area is 468 Å². The summed E-state index contributed by atoms with van der Waals surface area (Å²) in [5, 5.41) is 37.7. The molecule has 2 fully saturated rings. The van der Waals surface area contributed by atoms with Crippen molar-refractivity contribution >= 4 is 17.3 Å². The van der Waals surface area contributed by atoms with Crippen molar-refractivity contribution in [1.29, 1.82) is 0 Å². The quantitative estimate of drug-likeness (QED) is 0.0287. The summed E-state index contributed by atoms with van der Waals surface area (Å²) in [6.07, 6.45) is -12.2. The zero-order valence-electron chi connectivity index (χ0n) is 44.3. The molecule has 0 aliphatic carbocycles. The van der Waals surface area contributed by atoms with Gasteiger partial charge in [0, 0.05) is 13.2 Å². The predicted octanol–water partition coefficient (Wildman–Crippen LogP) is 9.64. The minimum absolute atomic E-state index is 0.0402. The smallest absolute Gasteiger partial charge is 0.342 e. The highest BCUT2D eigenvalue weighted by molar-refractivity contribution is 5.95. The van der Waals surface area contributed by atoms with E-state index in [0.29, 0.717) is 6.07 Å². The van der Waals surface area contributed by atoms with E-state index >= 15 is 0 Å². The Bertz CT molecular complexity index is 3060. The summed E-state index contributed by atoms with van der Waals surface area (Å²) >= 11 is 0. The van der Waals surface area contributed by atoms with Crippen LogP contribution >= 0.6 is 0 Å². The average Bonchev–Trinajstić information content (AvgIpc) is 3.65. The molecule has 0 radical (unpaired) electrons. The lowest BCUT2D eigenvalue weighted by Gasteiger charge is -2.45. The monoisotopic (exact) mass is 1110 g/mol. The average molecular weight is 1110 g/mol. The van der Waals surface area contributed by atoms with Crippen molar-refractivity contribution in [3.63, 3.8) is 0 Å². The molecule has 7 aromatic rings. The lowest BCUT2D eigenvalue weighted by Crippen LogP contribution is -2.62. The summed E-state index contributed by atoms with van der Waals surface area (Å²) in [6, 6.07) is 57.5. The first-order valence-corrected chi connectivity index (χ1v) is 26.3. The number of rotatable bonds is 27. The fraction of sp³-hybridized carbons (Fsp3) is 0.306. The maximum absolute atomic E-state index is 14.7. The van der Waals surface area contributed by atoms with Gasteiger partial charge in [-0.3, -0.25) is 20.2 Å². The van der Waals surface area contributed by atoms with Crippen LogP contribution in [0.25, 0.3) is 0 Å². The number of benzene rings is 7. The molecule has 0 bridgehead atoms. The van der Waals surface area contributed by atoms with E-state index < -0.39 is 107 Å². The van der Waals surface area contributed by atoms with E-state index in [1.807, 2.05) is 182 Å². The first-order valence-electron chi connectivity index (χ1n) is 26.3. The third-order valence-electron chi connectivity index (χ3n) is 13.6. The first kappa shape index (κ1) is 57.9. The summed E-state index contributed by atoms with van der Waals surface area (Å²) in [4.78, 5) is 38.5. The van der Waals surface area contributed by atoms with Gasteiger partial charge in [-0.25, -0.2) is 4.79 Å². The number of hydrogen-bond acceptors (Lipinski definition) is 17. The molecule has 422 valence electrons. The number of methoxy groups -OCH3 is 1. The molecule has 19 heteroatoms. The second kappa shape index (κ2) is 29.1. The number of esters is 1. The molecule has 0 unspecified atom stereocenters. The molecule has 7 aromatic carbocycles. The second-order valence-corrected chi connectivity index (χ2v) is 19.2. The van der Waals surface area contributed by atoms with Gasteiger partial charge >= 0.3 is 11.7 Å². The van der Waals surface area contributed by atoms with Crippen LogP contribution in [0.1, 0.15) is 43.7 Å². The van der Waals surface area contributed by atoms with E-state index in [0.717, 1.165) is 39.4 Å². The number of hydrogen-bond donors (Lipinski definition) is 1. The van der Waals surface area contributed by atoms with Gasteiger partial charge in [-0.1, -0.05) is 182 Å². The van der Waals surface area contributed by atoms with Crippen LogP contribution < -0.4 is 4.74 Å². The number of aliphatic hydroxyl groups is 1. The predicted molar refractivity (Wildman–Crippen MR) is 292 cm³/mol. The zero-order chi connectivity index (χ0) is 56.3. The number of nitro groups is 2. The van der Waals surface area contributed by atoms with Gasteiger partial charge < -0.3 is 57.2 Å². The van der Waals surface area contributed by atoms with Crippen LogP contribution in [0, 0.1) is 20.2 Å². The number of carbonyl (C=O) groups excluding carboxylic acids is 1. The molecule has 0 amide bonds. The van der Waals surface area contributed by atoms with Crippen LogP contribution in [0.2, 0.25) is 0 Å². The molecule has 9 rings (SSSR count). The van der Waals surface area contributed by atoms with E-state index in [9.17, 15) is 30.1 Å². The summed E-state index contributed by atoms with van der Waals surface area (Å²) in [7, 11) is 1.38. The Kier molecular flexibility index (Phi) is 20.8. The topological polar surface area (TPSA) is 225 Å². The molecule has 2 aliphatic heterocycles. The van der Waals surface area contributed by atoms with Crippen molar-refractivity contribution in [3.05, 3.63) is 253 Å². The van der Waals surface area contributed by atoms with Crippen LogP contribution in [0.3, 0.4) is 0 Å². The Morgan fingerprint density at radius 3 is 1.31 bits per heavy atom. The SMILES string of the molecule is CO[C@H]1O[C@H](COC(=O)c2cc([N+](=O)[O-])cc([N+](=O)[O-])c2O[C@H]2O[C@H](COCc3ccccc3)[C@@H](OCc3ccccc3)[C@H](OCc3ccccc3)[C@@H]2OCc2ccccc2)[C@@H](O)[C@H](OCc2ccccc2)[C@H]1OCc1ccccc1. The minimum atomic E-state index is -1.66. The van der Waals surface area contributed by atoms with Crippen molar-refractivity contribution in [2.45, 2.75) is 101 Å². The van der Waals surface area contributed by atoms with Gasteiger partial charge in [-0.2, -0.15) is 0 Å². The maximum atomic E-state index is 14.7. The van der Waals surface area contributed by atoms with Gasteiger partial charge in [0.1, 0.15) is 61.0 Å². The number of nitrogens with zero attached hydrogens (tertiary/aromatic N) is 2. The van der Waals surface area contributed by atoms with Gasteiger partial charge in [0.15, 0.2) is 6.29 Å². The van der Waals surface area contributed by atoms with E-state index in [1.54, 1.807) is 0 Å². The van der Waals surface area contributed by atoms with Crippen LogP contribution in [0.5, 0.6) is 5.75 Å². The lowest BCUT2D eigenvalue weighted by molar-refractivity contribution is -0.395. The van der Waals surface area contributed by atoms with Crippen LogP contribution in [-0.4, -0.2) is 103 Å². The number of non-ortho nitro benzene ring substituents is 1. The molecule has 2 aliphatic rings. The third kappa shape index (κ3) is 15.8. The van der Waals surface area contributed by atoms with Gasteiger partial charge in [-0.15, -0.1) is 0 Å². The van der Waals surface area contributed by atoms with E-state index in [4.69, 9.17) is 52.1 Å². The number of ether oxygens (including phenoxy) is 11. The highest BCUT2D eigenvalue weighted by atomic mass is 16.7. The van der Waals surface area contributed by atoms with Gasteiger partial charge in [0.05, 0.1) is 62.2 Å². The summed E-state index contributed by atoms with van der Waals surface area (Å²) in [5.74, 6) is -2.06. The van der Waals surface area contributed by atoms with Gasteiger partial charge in [0.2, 0.25) is 12.0 Å². The molecule has 0 aromatic heterocycles. The number of nitro benzene ring substituents is 2. The molecule has 2 saturated heterocycles. The second-order valence-electron chi connectivity index (χ2n) is 19.2. The zero-order valence-corrected chi connectivity index (χ0v) is 44.3. The molecule has 2 heterocycles. The van der Waals surface area contributed by atoms with Crippen molar-refractivity contribution < 1.29 is 71.9 Å². The largest absolute Gasteiger partial charge is 0.459 e. The van der Waals surface area contributed by atoms with E-state index in [-0.39, 0.29) is 46.2 Å². The highest BCUT2D eigenvalue weighted by Crippen LogP contribution is 2.40. The number of carbonyl (C=O) groups is 1. The van der Waals surface area contributed by atoms with Crippen molar-refractivity contribution in [2.24, 2.45) is 0 Å². The summed E-state index contributed by atoms with van der Waals surface area (Å²) < 4.78 is 70.4. The normalized spacial score (nSPS) is 22.6. The highest BCUT2D eigenvalue weighted by Gasteiger charge is 2.52. The minimum Gasteiger partial charge on any atom is -0.459 e. The maximum Gasteiger partial charge on any atom is 0.342 e. The molecular weight excluding hydrogens is 1040 g/mol. The molecular formula is C62H62N2O17. The van der Waals surface area contributed by atoms with Crippen molar-refractivity contribution in [1.82, 2.24) is 0 Å². The standard InChI is InChI=1S/C62H62N2O17/c1-71-61-58(76-38-46-28-16-6-17-29-46)56(74-36-44-24-12-4-13-25-44)53(65)51(79-61)41-78-60(66)49-32-48(63(67)68)33-50(64(69)70)54(49)81-62-59(77-39-47-30-18-7-19-31-47)57(75-37-45-26-14-5-15-27-45)55(73-35-43-22-10-3-11-23-43)52(80-62)40-72-34-42-20-8-2-9-21-42/h2-33,51-53,55-59,61-62,65H,34-41H2,1H3/t51-,52-,53-,55-,56+,57+,58-,59+,61+,62-/m1/s1. The third-order valence-corrected chi connectivity index (χ3v) is 13.6. The molecule has 81 heavy (non-hydrogen) atoms. The Balaban J connectivity index is 1.05. The van der Waals surface area contributed by atoms with E-state index in [2.05, 4.69) is 0 Å². The number of aliphatic hydroxyl groups excluding tert-OH is 1. The Morgan fingerprint density at radius 2 is 0.877 bits per heavy atom. The van der Waals surface area contributed by atoms with E-state index in [1.165, 1.54) is 7.11 Å². The molecule has 0 spiro atoms. The van der Waals surface area contributed by atoms with Crippen LogP contribution in [-0.2, 0) is 87.0 Å². The van der Waals surface area contributed by atoms with Crippen molar-refractivity contribution in [2.75, 3.05) is 20.3 Å². The lowest BCUT2D eigenvalue weighted by atomic mass is 9.97. The Morgan fingerprint density at radius 1 is 0.481 bits per heavy atom. The molecule has 1 N–H and O–H groups in total. The fourth-order valence-electron chi connectivity index (χ4n) is 9.43. The summed E-state index contributed by atoms with van der Waals surface area (Å²) in [5.41, 5.74) is 2.34. The van der Waals surface area contributed by atoms with Crippen LogP contribution in [0.4, 0.5) is 11.4 Å². The molecule has 0 saturated carbocycles. The van der Waals surface area contributed by atoms with Gasteiger partial charge in [0.25, 0.3) is 5.69 Å². The molecule has 10 atom stereocenters. The van der Waals surface area contributed by atoms with Crippen LogP contribution in [0.15, 0.2) is 194 Å².